The van der Waals surface area contributed by atoms with Crippen molar-refractivity contribution in [2.24, 2.45) is 0 Å². The van der Waals surface area contributed by atoms with Gasteiger partial charge < -0.3 is 10.1 Å². The smallest absolute Gasteiger partial charge is 0.332 e. The van der Waals surface area contributed by atoms with Gasteiger partial charge in [0, 0.05) is 12.6 Å². The maximum atomic E-state index is 11.4. The lowest BCUT2D eigenvalue weighted by Gasteiger charge is -2.06. The molecule has 1 aromatic rings. The van der Waals surface area contributed by atoms with E-state index >= 15 is 0 Å². The molecular formula is C12H15NO2S. The van der Waals surface area contributed by atoms with E-state index in [4.69, 9.17) is 4.74 Å². The lowest BCUT2D eigenvalue weighted by atomic mass is 10.3. The van der Waals surface area contributed by atoms with Gasteiger partial charge in [-0.25, -0.2) is 4.79 Å². The van der Waals surface area contributed by atoms with Gasteiger partial charge >= 0.3 is 5.97 Å². The molecule has 0 fully saturated rings. The maximum Gasteiger partial charge on any atom is 0.332 e. The minimum Gasteiger partial charge on any atom is -0.463 e. The summed E-state index contributed by atoms with van der Waals surface area (Å²) >= 11 is 1.57. The lowest BCUT2D eigenvalue weighted by Crippen LogP contribution is -2.13. The van der Waals surface area contributed by atoms with Crippen LogP contribution in [0, 0.1) is 0 Å². The highest BCUT2D eigenvalue weighted by Crippen LogP contribution is 2.17. The van der Waals surface area contributed by atoms with E-state index in [9.17, 15) is 4.79 Å². The summed E-state index contributed by atoms with van der Waals surface area (Å²) in [4.78, 5) is 12.4. The minimum atomic E-state index is -0.331. The van der Waals surface area contributed by atoms with Crippen molar-refractivity contribution in [1.82, 2.24) is 5.32 Å². The Balaban J connectivity index is 2.78. The summed E-state index contributed by atoms with van der Waals surface area (Å²) in [6.07, 6.45) is 3.21. The topological polar surface area (TPSA) is 38.3 Å². The second kappa shape index (κ2) is 6.85. The van der Waals surface area contributed by atoms with Gasteiger partial charge in [0.25, 0.3) is 0 Å². The van der Waals surface area contributed by atoms with Crippen LogP contribution in [-0.2, 0) is 9.53 Å². The summed E-state index contributed by atoms with van der Waals surface area (Å²) in [6.45, 7) is 6.41. The molecule has 0 aliphatic carbocycles. The molecule has 0 bridgehead atoms. The first-order valence-corrected chi connectivity index (χ1v) is 5.93. The van der Waals surface area contributed by atoms with Crippen molar-refractivity contribution in [2.75, 3.05) is 13.2 Å². The van der Waals surface area contributed by atoms with Crippen LogP contribution in [0.4, 0.5) is 0 Å². The molecule has 0 saturated heterocycles. The van der Waals surface area contributed by atoms with Crippen LogP contribution in [0.15, 0.2) is 36.2 Å². The first-order valence-electron chi connectivity index (χ1n) is 5.05. The van der Waals surface area contributed by atoms with Crippen molar-refractivity contribution >= 4 is 23.0 Å². The number of rotatable bonds is 6. The molecule has 0 atom stereocenters. The van der Waals surface area contributed by atoms with Crippen molar-refractivity contribution in [3.63, 3.8) is 0 Å². The Kier molecular flexibility index (Phi) is 5.36. The average Bonchev–Trinajstić information content (AvgIpc) is 2.77. The fourth-order valence-corrected chi connectivity index (χ4v) is 1.84. The Hall–Kier alpha value is -1.55. The van der Waals surface area contributed by atoms with E-state index in [-0.39, 0.29) is 5.97 Å². The molecule has 86 valence electrons. The second-order valence-electron chi connectivity index (χ2n) is 2.96. The van der Waals surface area contributed by atoms with Gasteiger partial charge in [0.15, 0.2) is 0 Å². The van der Waals surface area contributed by atoms with Crippen LogP contribution in [0.25, 0.3) is 5.70 Å². The SMILES string of the molecule is C=CCN/C(=C\C(=O)OCC)c1cccs1. The third-order valence-corrected chi connectivity index (χ3v) is 2.68. The number of hydrogen-bond acceptors (Lipinski definition) is 4. The maximum absolute atomic E-state index is 11.4. The highest BCUT2D eigenvalue weighted by atomic mass is 32.1. The van der Waals surface area contributed by atoms with E-state index in [1.165, 1.54) is 6.08 Å². The number of ether oxygens (including phenoxy) is 1. The van der Waals surface area contributed by atoms with E-state index < -0.39 is 0 Å². The fourth-order valence-electron chi connectivity index (χ4n) is 1.12. The van der Waals surface area contributed by atoms with Crippen LogP contribution in [0.2, 0.25) is 0 Å². The summed E-state index contributed by atoms with van der Waals surface area (Å²) in [5.74, 6) is -0.331. The molecule has 1 N–H and O–H groups in total. The van der Waals surface area contributed by atoms with E-state index in [0.717, 1.165) is 10.6 Å². The molecule has 0 saturated carbocycles. The minimum absolute atomic E-state index is 0.331. The van der Waals surface area contributed by atoms with Crippen LogP contribution < -0.4 is 5.32 Å². The summed E-state index contributed by atoms with van der Waals surface area (Å²) in [5, 5.41) is 5.08. The molecule has 0 aliphatic rings. The van der Waals surface area contributed by atoms with Gasteiger partial charge in [-0.15, -0.1) is 17.9 Å². The Morgan fingerprint density at radius 3 is 3.06 bits per heavy atom. The normalized spacial score (nSPS) is 10.9. The predicted octanol–water partition coefficient (Wildman–Crippen LogP) is 2.43. The molecule has 16 heavy (non-hydrogen) atoms. The Morgan fingerprint density at radius 2 is 2.50 bits per heavy atom. The second-order valence-corrected chi connectivity index (χ2v) is 3.90. The molecule has 1 heterocycles. The zero-order valence-electron chi connectivity index (χ0n) is 9.23. The highest BCUT2D eigenvalue weighted by Gasteiger charge is 2.05. The largest absolute Gasteiger partial charge is 0.463 e. The van der Waals surface area contributed by atoms with Crippen LogP contribution in [0.3, 0.4) is 0 Å². The highest BCUT2D eigenvalue weighted by molar-refractivity contribution is 7.11. The molecule has 0 spiro atoms. The number of thiophene rings is 1. The number of carbonyl (C=O) groups is 1. The number of esters is 1. The molecule has 0 amide bonds. The summed E-state index contributed by atoms with van der Waals surface area (Å²) in [5.41, 5.74) is 0.772. The quantitative estimate of drug-likeness (QED) is 0.469. The van der Waals surface area contributed by atoms with Gasteiger partial charge in [0.05, 0.1) is 17.2 Å². The third kappa shape index (κ3) is 3.90. The van der Waals surface area contributed by atoms with E-state index in [0.29, 0.717) is 13.2 Å². The molecule has 3 nitrogen and oxygen atoms in total. The fraction of sp³-hybridized carbons (Fsp3) is 0.250. The van der Waals surface area contributed by atoms with Gasteiger partial charge in [0.1, 0.15) is 0 Å². The predicted molar refractivity (Wildman–Crippen MR) is 67.1 cm³/mol. The van der Waals surface area contributed by atoms with Crippen molar-refractivity contribution in [3.8, 4) is 0 Å². The molecule has 1 aromatic heterocycles. The van der Waals surface area contributed by atoms with Crippen LogP contribution in [0.5, 0.6) is 0 Å². The molecular weight excluding hydrogens is 222 g/mol. The summed E-state index contributed by atoms with van der Waals surface area (Å²) in [6, 6.07) is 3.89. The zero-order valence-corrected chi connectivity index (χ0v) is 10.0. The Bertz CT molecular complexity index is 368. The van der Waals surface area contributed by atoms with Crippen molar-refractivity contribution < 1.29 is 9.53 Å². The van der Waals surface area contributed by atoms with Gasteiger partial charge in [-0.05, 0) is 18.4 Å². The van der Waals surface area contributed by atoms with Gasteiger partial charge in [-0.3, -0.25) is 0 Å². The average molecular weight is 237 g/mol. The van der Waals surface area contributed by atoms with Crippen molar-refractivity contribution in [2.45, 2.75) is 6.92 Å². The first kappa shape index (κ1) is 12.5. The monoisotopic (exact) mass is 237 g/mol. The number of carbonyl (C=O) groups excluding carboxylic acids is 1. The van der Waals surface area contributed by atoms with Crippen LogP contribution in [-0.4, -0.2) is 19.1 Å². The molecule has 0 aromatic carbocycles. The molecule has 4 heteroatoms. The number of nitrogens with one attached hydrogen (secondary N) is 1. The number of hydrogen-bond donors (Lipinski definition) is 1. The van der Waals surface area contributed by atoms with Gasteiger partial charge in [0.2, 0.25) is 0 Å². The summed E-state index contributed by atoms with van der Waals surface area (Å²) in [7, 11) is 0. The van der Waals surface area contributed by atoms with E-state index in [1.807, 2.05) is 17.5 Å². The van der Waals surface area contributed by atoms with Gasteiger partial charge in [-0.1, -0.05) is 12.1 Å². The molecule has 0 unspecified atom stereocenters. The van der Waals surface area contributed by atoms with Crippen molar-refractivity contribution in [1.29, 1.82) is 0 Å². The van der Waals surface area contributed by atoms with Crippen LogP contribution >= 0.6 is 11.3 Å². The first-order chi connectivity index (χ1) is 7.77. The lowest BCUT2D eigenvalue weighted by molar-refractivity contribution is -0.137. The molecule has 0 radical (unpaired) electrons. The summed E-state index contributed by atoms with van der Waals surface area (Å²) < 4.78 is 4.87. The molecule has 0 aliphatic heterocycles. The van der Waals surface area contributed by atoms with E-state index in [2.05, 4.69) is 11.9 Å². The Labute approximate surface area is 99.4 Å². The Morgan fingerprint density at radius 1 is 1.69 bits per heavy atom. The standard InChI is InChI=1S/C12H15NO2S/c1-3-7-13-10(9-12(14)15-4-2)11-6-5-8-16-11/h3,5-6,8-9,13H,1,4,7H2,2H3/b10-9-. The van der Waals surface area contributed by atoms with Crippen molar-refractivity contribution in [3.05, 3.63) is 41.1 Å². The van der Waals surface area contributed by atoms with E-state index in [1.54, 1.807) is 24.3 Å². The van der Waals surface area contributed by atoms with Crippen LogP contribution in [0.1, 0.15) is 11.8 Å². The zero-order chi connectivity index (χ0) is 11.8. The molecule has 1 rings (SSSR count). The van der Waals surface area contributed by atoms with Gasteiger partial charge in [-0.2, -0.15) is 0 Å². The third-order valence-electron chi connectivity index (χ3n) is 1.77.